The lowest BCUT2D eigenvalue weighted by molar-refractivity contribution is -0.126. The highest BCUT2D eigenvalue weighted by Crippen LogP contribution is 2.27. The summed E-state index contributed by atoms with van der Waals surface area (Å²) >= 11 is 0. The molecule has 7 nitrogen and oxygen atoms in total. The van der Waals surface area contributed by atoms with E-state index in [1.807, 2.05) is 36.9 Å². The van der Waals surface area contributed by atoms with E-state index in [1.165, 1.54) is 5.56 Å². The first-order chi connectivity index (χ1) is 13.9. The molecule has 3 rings (SSSR count). The Morgan fingerprint density at radius 2 is 1.93 bits per heavy atom. The zero-order valence-corrected chi connectivity index (χ0v) is 17.7. The summed E-state index contributed by atoms with van der Waals surface area (Å²) in [5.41, 5.74) is 3.04. The molecule has 0 radical (unpaired) electrons. The fraction of sp³-hybridized carbons (Fsp3) is 0.636. The molecule has 2 heterocycles. The van der Waals surface area contributed by atoms with Crippen molar-refractivity contribution in [1.29, 1.82) is 0 Å². The van der Waals surface area contributed by atoms with Crippen molar-refractivity contribution >= 4 is 11.8 Å². The van der Waals surface area contributed by atoms with Crippen LogP contribution in [0.5, 0.6) is 0 Å². The molecule has 0 spiro atoms. The third-order valence-electron chi connectivity index (χ3n) is 6.20. The van der Waals surface area contributed by atoms with Crippen molar-refractivity contribution < 1.29 is 19.4 Å². The number of rotatable bonds is 6. The summed E-state index contributed by atoms with van der Waals surface area (Å²) in [5.74, 6) is 0.0223. The monoisotopic (exact) mass is 403 g/mol. The molecule has 1 aromatic rings. The van der Waals surface area contributed by atoms with Crippen LogP contribution in [-0.4, -0.2) is 84.8 Å². The van der Waals surface area contributed by atoms with Gasteiger partial charge in [-0.3, -0.25) is 14.5 Å². The molecule has 0 aliphatic carbocycles. The minimum atomic E-state index is -0.483. The molecule has 2 atom stereocenters. The van der Waals surface area contributed by atoms with Crippen molar-refractivity contribution in [3.63, 3.8) is 0 Å². The molecular weight excluding hydrogens is 370 g/mol. The predicted molar refractivity (Wildman–Crippen MR) is 111 cm³/mol. The van der Waals surface area contributed by atoms with Crippen LogP contribution in [-0.2, 0) is 9.53 Å². The van der Waals surface area contributed by atoms with Gasteiger partial charge in [0.2, 0.25) is 5.91 Å². The molecule has 0 bridgehead atoms. The van der Waals surface area contributed by atoms with Gasteiger partial charge < -0.3 is 20.1 Å². The molecule has 0 aromatic heterocycles. The molecule has 0 saturated carbocycles. The maximum Gasteiger partial charge on any atom is 0.253 e. The Labute approximate surface area is 173 Å². The Hall–Kier alpha value is -1.96. The van der Waals surface area contributed by atoms with Gasteiger partial charge in [-0.15, -0.1) is 0 Å². The van der Waals surface area contributed by atoms with E-state index in [1.54, 1.807) is 7.11 Å². The molecule has 2 amide bonds. The van der Waals surface area contributed by atoms with Crippen LogP contribution in [0.15, 0.2) is 18.2 Å². The molecule has 0 unspecified atom stereocenters. The fourth-order valence-electron chi connectivity index (χ4n) is 4.35. The first kappa shape index (κ1) is 21.7. The first-order valence-electron chi connectivity index (χ1n) is 10.5. The molecule has 160 valence electrons. The van der Waals surface area contributed by atoms with E-state index in [4.69, 9.17) is 4.74 Å². The Morgan fingerprint density at radius 1 is 1.21 bits per heavy atom. The first-order valence-corrected chi connectivity index (χ1v) is 10.5. The number of β-amino-alcohol motifs (C(OH)–C–C–N with tert-alkyl or cyclic N) is 1. The van der Waals surface area contributed by atoms with E-state index in [0.29, 0.717) is 39.2 Å². The highest BCUT2D eigenvalue weighted by molar-refractivity contribution is 5.94. The van der Waals surface area contributed by atoms with Gasteiger partial charge in [0.05, 0.1) is 18.8 Å². The average molecular weight is 404 g/mol. The number of amides is 2. The summed E-state index contributed by atoms with van der Waals surface area (Å²) < 4.78 is 4.99. The number of aryl methyl sites for hydroxylation is 2. The summed E-state index contributed by atoms with van der Waals surface area (Å²) in [4.78, 5) is 29.4. The Kier molecular flexibility index (Phi) is 7.27. The average Bonchev–Trinajstić information content (AvgIpc) is 3.11. The normalized spacial score (nSPS) is 23.4. The van der Waals surface area contributed by atoms with Gasteiger partial charge in [-0.05, 0) is 56.4 Å². The van der Waals surface area contributed by atoms with Gasteiger partial charge >= 0.3 is 0 Å². The van der Waals surface area contributed by atoms with Crippen molar-refractivity contribution in [1.82, 2.24) is 15.1 Å². The number of ether oxygens (including phenoxy) is 1. The van der Waals surface area contributed by atoms with Crippen LogP contribution in [0.2, 0.25) is 0 Å². The van der Waals surface area contributed by atoms with Crippen molar-refractivity contribution in [3.05, 3.63) is 34.9 Å². The molecule has 2 aliphatic rings. The fourth-order valence-corrected chi connectivity index (χ4v) is 4.35. The van der Waals surface area contributed by atoms with Crippen LogP contribution in [0, 0.1) is 13.8 Å². The molecular formula is C22H33N3O4. The van der Waals surface area contributed by atoms with E-state index in [9.17, 15) is 14.7 Å². The minimum absolute atomic E-state index is 0.0489. The topological polar surface area (TPSA) is 82.1 Å². The molecule has 2 aliphatic heterocycles. The lowest BCUT2D eigenvalue weighted by Crippen LogP contribution is -2.52. The van der Waals surface area contributed by atoms with Crippen LogP contribution in [0.3, 0.4) is 0 Å². The summed E-state index contributed by atoms with van der Waals surface area (Å²) in [6, 6.07) is 5.74. The number of benzene rings is 1. The molecule has 29 heavy (non-hydrogen) atoms. The minimum Gasteiger partial charge on any atom is -0.392 e. The number of nitrogens with zero attached hydrogens (tertiary/aromatic N) is 2. The summed E-state index contributed by atoms with van der Waals surface area (Å²) in [6.45, 7) is 6.86. The van der Waals surface area contributed by atoms with Crippen LogP contribution in [0.1, 0.15) is 40.7 Å². The Balaban J connectivity index is 1.58. The lowest BCUT2D eigenvalue weighted by atomic mass is 10.00. The van der Waals surface area contributed by atoms with Crippen LogP contribution >= 0.6 is 0 Å². The third-order valence-corrected chi connectivity index (χ3v) is 6.20. The molecule has 1 aromatic carbocycles. The van der Waals surface area contributed by atoms with Gasteiger partial charge in [-0.25, -0.2) is 0 Å². The second-order valence-corrected chi connectivity index (χ2v) is 8.21. The van der Waals surface area contributed by atoms with Crippen LogP contribution < -0.4 is 5.32 Å². The zero-order chi connectivity index (χ0) is 21.0. The van der Waals surface area contributed by atoms with E-state index < -0.39 is 6.10 Å². The summed E-state index contributed by atoms with van der Waals surface area (Å²) in [7, 11) is 1.60. The maximum absolute atomic E-state index is 12.9. The van der Waals surface area contributed by atoms with Crippen LogP contribution in [0.4, 0.5) is 0 Å². The second-order valence-electron chi connectivity index (χ2n) is 8.21. The quantitative estimate of drug-likeness (QED) is 0.696. The van der Waals surface area contributed by atoms with E-state index in [-0.39, 0.29) is 23.9 Å². The van der Waals surface area contributed by atoms with Gasteiger partial charge in [-0.2, -0.15) is 0 Å². The number of hydrogen-bond acceptors (Lipinski definition) is 5. The summed E-state index contributed by atoms with van der Waals surface area (Å²) in [6.07, 6.45) is 1.60. The van der Waals surface area contributed by atoms with E-state index >= 15 is 0 Å². The number of nitrogens with one attached hydrogen (secondary N) is 1. The number of piperidine rings is 1. The lowest BCUT2D eigenvalue weighted by Gasteiger charge is -2.39. The standard InChI is InChI=1S/C22H33N3O4/c1-15-4-5-17(12-16(15)2)22(28)24-9-6-18(7-10-24)25-14-19(26)13-20(25)21(27)23-8-11-29-3/h4-5,12,18-20,26H,6-11,13-14H2,1-3H3,(H,23,27)/t19-,20+/m1/s1. The van der Waals surface area contributed by atoms with Gasteiger partial charge in [0.15, 0.2) is 0 Å². The smallest absolute Gasteiger partial charge is 0.253 e. The highest BCUT2D eigenvalue weighted by Gasteiger charge is 2.40. The van der Waals surface area contributed by atoms with Crippen LogP contribution in [0.25, 0.3) is 0 Å². The maximum atomic E-state index is 12.9. The van der Waals surface area contributed by atoms with Gasteiger partial charge in [0.1, 0.15) is 0 Å². The SMILES string of the molecule is COCCNC(=O)[C@@H]1C[C@@H](O)CN1C1CCN(C(=O)c2ccc(C)c(C)c2)CC1. The number of methoxy groups -OCH3 is 1. The predicted octanol–water partition coefficient (Wildman–Crippen LogP) is 1.11. The Bertz CT molecular complexity index is 731. The third kappa shape index (κ3) is 5.15. The van der Waals surface area contributed by atoms with Gasteiger partial charge in [0, 0.05) is 44.9 Å². The largest absolute Gasteiger partial charge is 0.392 e. The number of likely N-dealkylation sites (tertiary alicyclic amines) is 2. The van der Waals surface area contributed by atoms with Crippen molar-refractivity contribution in [2.24, 2.45) is 0 Å². The number of carbonyl (C=O) groups excluding carboxylic acids is 2. The van der Waals surface area contributed by atoms with E-state index in [2.05, 4.69) is 10.2 Å². The van der Waals surface area contributed by atoms with Gasteiger partial charge in [0.25, 0.3) is 5.91 Å². The number of aliphatic hydroxyl groups is 1. The van der Waals surface area contributed by atoms with Crippen molar-refractivity contribution in [2.45, 2.75) is 51.3 Å². The molecule has 7 heteroatoms. The van der Waals surface area contributed by atoms with Crippen molar-refractivity contribution in [3.8, 4) is 0 Å². The second kappa shape index (κ2) is 9.69. The molecule has 2 N–H and O–H groups in total. The summed E-state index contributed by atoms with van der Waals surface area (Å²) in [5, 5.41) is 13.0. The molecule has 2 fully saturated rings. The Morgan fingerprint density at radius 3 is 2.59 bits per heavy atom. The number of carbonyl (C=O) groups is 2. The van der Waals surface area contributed by atoms with Crippen molar-refractivity contribution in [2.75, 3.05) is 39.9 Å². The number of hydrogen-bond donors (Lipinski definition) is 2. The highest BCUT2D eigenvalue weighted by atomic mass is 16.5. The van der Waals surface area contributed by atoms with Gasteiger partial charge in [-0.1, -0.05) is 6.07 Å². The van der Waals surface area contributed by atoms with E-state index in [0.717, 1.165) is 24.0 Å². The zero-order valence-electron chi connectivity index (χ0n) is 17.7. The molecule has 2 saturated heterocycles. The number of aliphatic hydroxyl groups excluding tert-OH is 1.